The van der Waals surface area contributed by atoms with Crippen LogP contribution in [0.15, 0.2) is 65.6 Å². The van der Waals surface area contributed by atoms with E-state index in [-0.39, 0.29) is 5.56 Å². The minimum absolute atomic E-state index is 0.0114. The first-order chi connectivity index (χ1) is 17.1. The topological polar surface area (TPSA) is 59.9 Å². The summed E-state index contributed by atoms with van der Waals surface area (Å²) < 4.78 is 0. The Morgan fingerprint density at radius 3 is 2.51 bits per heavy atom. The van der Waals surface area contributed by atoms with E-state index in [9.17, 15) is 10.1 Å². The number of nitrogens with one attached hydrogen (secondary N) is 1. The van der Waals surface area contributed by atoms with Crippen LogP contribution < -0.4 is 5.56 Å². The van der Waals surface area contributed by atoms with Crippen molar-refractivity contribution in [1.29, 1.82) is 5.26 Å². The van der Waals surface area contributed by atoms with Crippen LogP contribution in [0.3, 0.4) is 0 Å². The minimum atomic E-state index is 0.0114. The SMILES string of the molecule is CCCCCC(c1ccc(C#N)c(C)c1)C1CCN(Cc2cc(-c3ccccc3)c[nH]c2=O)CC1. The smallest absolute Gasteiger partial charge is 0.252 e. The number of likely N-dealkylation sites (tertiary alicyclic amines) is 1. The largest absolute Gasteiger partial charge is 0.328 e. The van der Waals surface area contributed by atoms with Crippen LogP contribution in [0.1, 0.15) is 73.6 Å². The molecule has 0 amide bonds. The zero-order valence-electron chi connectivity index (χ0n) is 21.1. The molecule has 1 fully saturated rings. The molecule has 2 aromatic carbocycles. The van der Waals surface area contributed by atoms with Crippen LogP contribution in [0.25, 0.3) is 11.1 Å². The molecule has 0 spiro atoms. The number of aryl methyl sites for hydroxylation is 1. The van der Waals surface area contributed by atoms with Crippen LogP contribution in [0, 0.1) is 24.2 Å². The number of piperidine rings is 1. The van der Waals surface area contributed by atoms with E-state index in [4.69, 9.17) is 0 Å². The summed E-state index contributed by atoms with van der Waals surface area (Å²) in [6.45, 7) is 7.03. The van der Waals surface area contributed by atoms with Crippen molar-refractivity contribution in [2.45, 2.75) is 64.8 Å². The number of rotatable bonds is 9. The van der Waals surface area contributed by atoms with E-state index in [1.807, 2.05) is 36.5 Å². The van der Waals surface area contributed by atoms with E-state index >= 15 is 0 Å². The zero-order valence-corrected chi connectivity index (χ0v) is 21.1. The number of nitrogens with zero attached hydrogens (tertiary/aromatic N) is 2. The molecular weight excluding hydrogens is 430 g/mol. The molecule has 182 valence electrons. The molecule has 0 bridgehead atoms. The highest BCUT2D eigenvalue weighted by Gasteiger charge is 2.28. The van der Waals surface area contributed by atoms with Crippen LogP contribution in [-0.4, -0.2) is 23.0 Å². The lowest BCUT2D eigenvalue weighted by Gasteiger charge is -2.36. The van der Waals surface area contributed by atoms with Crippen molar-refractivity contribution in [1.82, 2.24) is 9.88 Å². The minimum Gasteiger partial charge on any atom is -0.328 e. The van der Waals surface area contributed by atoms with Gasteiger partial charge in [-0.15, -0.1) is 0 Å². The average Bonchev–Trinajstić information content (AvgIpc) is 2.89. The molecule has 0 aliphatic carbocycles. The van der Waals surface area contributed by atoms with Gasteiger partial charge in [-0.05, 0) is 85.5 Å². The fourth-order valence-corrected chi connectivity index (χ4v) is 5.53. The third-order valence-corrected chi connectivity index (χ3v) is 7.60. The first kappa shape index (κ1) is 24.9. The molecule has 1 unspecified atom stereocenters. The molecule has 2 heterocycles. The van der Waals surface area contributed by atoms with Gasteiger partial charge in [-0.3, -0.25) is 9.69 Å². The second kappa shape index (κ2) is 12.0. The van der Waals surface area contributed by atoms with Gasteiger partial charge in [-0.1, -0.05) is 68.7 Å². The number of benzene rings is 2. The normalized spacial score (nSPS) is 15.6. The Morgan fingerprint density at radius 2 is 1.83 bits per heavy atom. The van der Waals surface area contributed by atoms with Gasteiger partial charge in [0.2, 0.25) is 0 Å². The zero-order chi connectivity index (χ0) is 24.6. The van der Waals surface area contributed by atoms with Gasteiger partial charge < -0.3 is 4.98 Å². The number of unbranched alkanes of at least 4 members (excludes halogenated alkanes) is 2. The monoisotopic (exact) mass is 467 g/mol. The number of aromatic amines is 1. The number of hydrogen-bond donors (Lipinski definition) is 1. The highest BCUT2D eigenvalue weighted by atomic mass is 16.1. The summed E-state index contributed by atoms with van der Waals surface area (Å²) in [5.74, 6) is 1.18. The fraction of sp³-hybridized carbons (Fsp3) is 0.419. The maximum absolute atomic E-state index is 12.6. The van der Waals surface area contributed by atoms with Crippen molar-refractivity contribution in [2.24, 2.45) is 5.92 Å². The maximum atomic E-state index is 12.6. The second-order valence-corrected chi connectivity index (χ2v) is 10.0. The van der Waals surface area contributed by atoms with Crippen molar-refractivity contribution >= 4 is 0 Å². The molecule has 1 N–H and O–H groups in total. The van der Waals surface area contributed by atoms with Crippen molar-refractivity contribution < 1.29 is 0 Å². The van der Waals surface area contributed by atoms with E-state index in [1.54, 1.807) is 0 Å². The molecule has 1 aliphatic rings. The van der Waals surface area contributed by atoms with E-state index in [0.717, 1.165) is 53.7 Å². The van der Waals surface area contributed by atoms with Gasteiger partial charge in [0.25, 0.3) is 5.56 Å². The number of pyridine rings is 1. The summed E-state index contributed by atoms with van der Waals surface area (Å²) in [5, 5.41) is 9.34. The van der Waals surface area contributed by atoms with Gasteiger partial charge in [0.05, 0.1) is 11.6 Å². The average molecular weight is 468 g/mol. The Morgan fingerprint density at radius 1 is 1.06 bits per heavy atom. The molecule has 0 radical (unpaired) electrons. The molecule has 4 heteroatoms. The van der Waals surface area contributed by atoms with Crippen molar-refractivity contribution in [3.8, 4) is 17.2 Å². The quantitative estimate of drug-likeness (QED) is 0.352. The standard InChI is InChI=1S/C31H37N3O/c1-3-4-6-11-30(26-12-13-27(20-32)23(2)18-26)25-14-16-34(17-15-25)22-29-19-28(21-33-31(29)35)24-9-7-5-8-10-24/h5,7-10,12-13,18-19,21,25,30H,3-4,6,11,14-17,22H2,1-2H3,(H,33,35). The lowest BCUT2D eigenvalue weighted by molar-refractivity contribution is 0.157. The third kappa shape index (κ3) is 6.29. The van der Waals surface area contributed by atoms with Gasteiger partial charge >= 0.3 is 0 Å². The van der Waals surface area contributed by atoms with Crippen molar-refractivity contribution in [2.75, 3.05) is 13.1 Å². The van der Waals surface area contributed by atoms with E-state index in [0.29, 0.717) is 18.4 Å². The number of H-pyrrole nitrogens is 1. The summed E-state index contributed by atoms with van der Waals surface area (Å²) >= 11 is 0. The summed E-state index contributed by atoms with van der Waals surface area (Å²) in [7, 11) is 0. The van der Waals surface area contributed by atoms with Crippen molar-refractivity contribution in [3.63, 3.8) is 0 Å². The van der Waals surface area contributed by atoms with Gasteiger partial charge in [0.1, 0.15) is 0 Å². The Balaban J connectivity index is 1.44. The van der Waals surface area contributed by atoms with Gasteiger partial charge in [0.15, 0.2) is 0 Å². The molecule has 1 atom stereocenters. The van der Waals surface area contributed by atoms with Crippen LogP contribution in [0.5, 0.6) is 0 Å². The van der Waals surface area contributed by atoms with E-state index in [2.05, 4.69) is 54.1 Å². The molecule has 4 rings (SSSR count). The summed E-state index contributed by atoms with van der Waals surface area (Å²) in [6.07, 6.45) is 9.07. The summed E-state index contributed by atoms with van der Waals surface area (Å²) in [6, 6.07) is 21.0. The van der Waals surface area contributed by atoms with Crippen LogP contribution in [0.2, 0.25) is 0 Å². The second-order valence-electron chi connectivity index (χ2n) is 10.0. The fourth-order valence-electron chi connectivity index (χ4n) is 5.53. The maximum Gasteiger partial charge on any atom is 0.252 e. The molecule has 0 saturated carbocycles. The predicted octanol–water partition coefficient (Wildman–Crippen LogP) is 6.80. The highest BCUT2D eigenvalue weighted by molar-refractivity contribution is 5.62. The van der Waals surface area contributed by atoms with E-state index < -0.39 is 0 Å². The van der Waals surface area contributed by atoms with Crippen LogP contribution in [0.4, 0.5) is 0 Å². The molecule has 1 aliphatic heterocycles. The molecule has 1 aromatic heterocycles. The first-order valence-electron chi connectivity index (χ1n) is 13.1. The number of nitriles is 1. The van der Waals surface area contributed by atoms with Gasteiger partial charge in [0, 0.05) is 18.3 Å². The Bertz CT molecular complexity index is 1200. The molecule has 35 heavy (non-hydrogen) atoms. The molecular formula is C31H37N3O. The Labute approximate surface area is 209 Å². The number of aromatic nitrogens is 1. The van der Waals surface area contributed by atoms with Gasteiger partial charge in [-0.2, -0.15) is 5.26 Å². The molecule has 1 saturated heterocycles. The lowest BCUT2D eigenvalue weighted by atomic mass is 9.76. The van der Waals surface area contributed by atoms with Crippen LogP contribution >= 0.6 is 0 Å². The predicted molar refractivity (Wildman–Crippen MR) is 143 cm³/mol. The highest BCUT2D eigenvalue weighted by Crippen LogP contribution is 2.37. The van der Waals surface area contributed by atoms with Gasteiger partial charge in [-0.25, -0.2) is 0 Å². The number of hydrogen-bond acceptors (Lipinski definition) is 3. The van der Waals surface area contributed by atoms with E-state index in [1.165, 1.54) is 31.2 Å². The van der Waals surface area contributed by atoms with Crippen LogP contribution in [-0.2, 0) is 6.54 Å². The molecule has 3 aromatic rings. The summed E-state index contributed by atoms with van der Waals surface area (Å²) in [4.78, 5) is 17.9. The third-order valence-electron chi connectivity index (χ3n) is 7.60. The first-order valence-corrected chi connectivity index (χ1v) is 13.1. The van der Waals surface area contributed by atoms with Crippen molar-refractivity contribution in [3.05, 3.63) is 93.4 Å². The lowest BCUT2D eigenvalue weighted by Crippen LogP contribution is -2.36. The summed E-state index contributed by atoms with van der Waals surface area (Å²) in [5.41, 5.74) is 6.28. The Kier molecular flexibility index (Phi) is 8.55. The molecule has 4 nitrogen and oxygen atoms in total. The Hall–Kier alpha value is -3.16.